The van der Waals surface area contributed by atoms with Gasteiger partial charge >= 0.3 is 0 Å². The Balaban J connectivity index is 1.76. The SMILES string of the molecule is COc1cccc(OC(C)c2nnc(SC(C)C(=O)Nc3nccs3)n2CC(C)C)c1. The Hall–Kier alpha value is -2.59. The molecule has 0 bridgehead atoms. The van der Waals surface area contributed by atoms with Gasteiger partial charge in [-0.05, 0) is 31.9 Å². The number of ether oxygens (including phenoxy) is 2. The molecule has 10 heteroatoms. The number of anilines is 1. The lowest BCUT2D eigenvalue weighted by Crippen LogP contribution is -2.23. The van der Waals surface area contributed by atoms with Gasteiger partial charge in [0.05, 0.1) is 12.4 Å². The minimum atomic E-state index is -0.360. The molecule has 0 saturated heterocycles. The average molecular weight is 462 g/mol. The molecule has 2 atom stereocenters. The molecule has 1 N–H and O–H groups in total. The number of methoxy groups -OCH3 is 1. The molecule has 1 amide bonds. The number of carbonyl (C=O) groups excluding carboxylic acids is 1. The van der Waals surface area contributed by atoms with Crippen LogP contribution in [0.4, 0.5) is 5.13 Å². The minimum Gasteiger partial charge on any atom is -0.497 e. The van der Waals surface area contributed by atoms with Crippen LogP contribution in [0.25, 0.3) is 0 Å². The first-order valence-corrected chi connectivity index (χ1v) is 11.7. The summed E-state index contributed by atoms with van der Waals surface area (Å²) in [4.78, 5) is 16.6. The van der Waals surface area contributed by atoms with E-state index in [1.165, 1.54) is 23.1 Å². The van der Waals surface area contributed by atoms with Crippen molar-refractivity contribution in [2.45, 2.75) is 50.8 Å². The monoisotopic (exact) mass is 461 g/mol. The molecule has 0 radical (unpaired) electrons. The Labute approximate surface area is 190 Å². The number of carbonyl (C=O) groups is 1. The fraction of sp³-hybridized carbons (Fsp3) is 0.429. The first-order chi connectivity index (χ1) is 14.9. The zero-order chi connectivity index (χ0) is 22.4. The average Bonchev–Trinajstić information content (AvgIpc) is 3.38. The zero-order valence-electron chi connectivity index (χ0n) is 18.2. The van der Waals surface area contributed by atoms with E-state index in [2.05, 4.69) is 34.3 Å². The van der Waals surface area contributed by atoms with Crippen LogP contribution in [-0.2, 0) is 11.3 Å². The predicted octanol–water partition coefficient (Wildman–Crippen LogP) is 4.66. The van der Waals surface area contributed by atoms with Crippen LogP contribution in [0.5, 0.6) is 11.5 Å². The number of hydrogen-bond acceptors (Lipinski definition) is 8. The Morgan fingerprint density at radius 1 is 1.23 bits per heavy atom. The minimum absolute atomic E-state index is 0.124. The van der Waals surface area contributed by atoms with Crippen molar-refractivity contribution in [1.29, 1.82) is 0 Å². The van der Waals surface area contributed by atoms with E-state index in [9.17, 15) is 4.79 Å². The lowest BCUT2D eigenvalue weighted by Gasteiger charge is -2.19. The van der Waals surface area contributed by atoms with Gasteiger partial charge in [0, 0.05) is 24.2 Å². The van der Waals surface area contributed by atoms with E-state index in [-0.39, 0.29) is 17.3 Å². The van der Waals surface area contributed by atoms with Gasteiger partial charge in [-0.3, -0.25) is 4.79 Å². The van der Waals surface area contributed by atoms with Crippen LogP contribution in [-0.4, -0.2) is 38.0 Å². The molecule has 0 saturated carbocycles. The van der Waals surface area contributed by atoms with Gasteiger partial charge in [0.15, 0.2) is 22.2 Å². The molecule has 0 aliphatic heterocycles. The fourth-order valence-electron chi connectivity index (χ4n) is 2.86. The third-order valence-corrected chi connectivity index (χ3v) is 6.09. The molecule has 0 fully saturated rings. The van der Waals surface area contributed by atoms with E-state index >= 15 is 0 Å². The van der Waals surface area contributed by atoms with Gasteiger partial charge in [-0.15, -0.1) is 21.5 Å². The number of benzene rings is 1. The fourth-order valence-corrected chi connectivity index (χ4v) is 4.26. The van der Waals surface area contributed by atoms with Crippen molar-refractivity contribution in [2.24, 2.45) is 5.92 Å². The molecule has 2 unspecified atom stereocenters. The van der Waals surface area contributed by atoms with Gasteiger partial charge in [0.25, 0.3) is 0 Å². The predicted molar refractivity (Wildman–Crippen MR) is 123 cm³/mol. The maximum Gasteiger partial charge on any atom is 0.239 e. The van der Waals surface area contributed by atoms with Crippen LogP contribution in [0.1, 0.15) is 39.6 Å². The largest absolute Gasteiger partial charge is 0.497 e. The van der Waals surface area contributed by atoms with Gasteiger partial charge in [-0.2, -0.15) is 0 Å². The van der Waals surface area contributed by atoms with E-state index in [4.69, 9.17) is 9.47 Å². The van der Waals surface area contributed by atoms with Crippen molar-refractivity contribution in [3.8, 4) is 11.5 Å². The lowest BCUT2D eigenvalue weighted by molar-refractivity contribution is -0.115. The molecule has 0 aliphatic carbocycles. The summed E-state index contributed by atoms with van der Waals surface area (Å²) in [5.74, 6) is 2.38. The van der Waals surface area contributed by atoms with E-state index in [0.29, 0.717) is 27.8 Å². The molecule has 0 spiro atoms. The zero-order valence-corrected chi connectivity index (χ0v) is 19.9. The van der Waals surface area contributed by atoms with E-state index < -0.39 is 0 Å². The highest BCUT2D eigenvalue weighted by Gasteiger charge is 2.24. The molecular weight excluding hydrogens is 434 g/mol. The van der Waals surface area contributed by atoms with Gasteiger partial charge in [0.2, 0.25) is 5.91 Å². The van der Waals surface area contributed by atoms with Gasteiger partial charge in [0.1, 0.15) is 11.5 Å². The molecule has 3 aromatic rings. The smallest absolute Gasteiger partial charge is 0.239 e. The number of hydrogen-bond donors (Lipinski definition) is 1. The topological polar surface area (TPSA) is 91.2 Å². The molecule has 0 aliphatic rings. The second kappa shape index (κ2) is 10.6. The Morgan fingerprint density at radius 3 is 2.68 bits per heavy atom. The van der Waals surface area contributed by atoms with Crippen molar-refractivity contribution in [3.05, 3.63) is 41.7 Å². The molecule has 31 heavy (non-hydrogen) atoms. The van der Waals surface area contributed by atoms with E-state index in [1.54, 1.807) is 13.3 Å². The van der Waals surface area contributed by atoms with Gasteiger partial charge in [-0.25, -0.2) is 4.98 Å². The summed E-state index contributed by atoms with van der Waals surface area (Å²) in [6.45, 7) is 8.76. The molecule has 2 aromatic heterocycles. The molecule has 2 heterocycles. The number of nitrogens with one attached hydrogen (secondary N) is 1. The summed E-state index contributed by atoms with van der Waals surface area (Å²) < 4.78 is 13.4. The highest BCUT2D eigenvalue weighted by Crippen LogP contribution is 2.29. The maximum absolute atomic E-state index is 12.5. The molecule has 166 valence electrons. The standard InChI is InChI=1S/C21H27N5O3S2/c1-13(2)12-26-18(14(3)29-17-8-6-7-16(11-17)28-5)24-25-21(26)31-15(4)19(27)23-20-22-9-10-30-20/h6-11,13-15H,12H2,1-5H3,(H,22,23,27). The highest BCUT2D eigenvalue weighted by atomic mass is 32.2. The summed E-state index contributed by atoms with van der Waals surface area (Å²) in [6, 6.07) is 7.46. The summed E-state index contributed by atoms with van der Waals surface area (Å²) in [6.07, 6.45) is 1.33. The summed E-state index contributed by atoms with van der Waals surface area (Å²) >= 11 is 2.76. The summed E-state index contributed by atoms with van der Waals surface area (Å²) in [5, 5.41) is 14.3. The third-order valence-electron chi connectivity index (χ3n) is 4.32. The van der Waals surface area contributed by atoms with E-state index in [0.717, 1.165) is 12.3 Å². The van der Waals surface area contributed by atoms with Crippen molar-refractivity contribution in [2.75, 3.05) is 12.4 Å². The number of thioether (sulfide) groups is 1. The molecule has 8 nitrogen and oxygen atoms in total. The normalized spacial score (nSPS) is 13.1. The first-order valence-electron chi connectivity index (χ1n) is 9.98. The van der Waals surface area contributed by atoms with E-state index in [1.807, 2.05) is 48.1 Å². The van der Waals surface area contributed by atoms with Crippen molar-refractivity contribution in [1.82, 2.24) is 19.7 Å². The first kappa shape index (κ1) is 23.1. The van der Waals surface area contributed by atoms with Crippen LogP contribution in [0.2, 0.25) is 0 Å². The number of nitrogens with zero attached hydrogens (tertiary/aromatic N) is 4. The maximum atomic E-state index is 12.5. The number of amides is 1. The van der Waals surface area contributed by atoms with Crippen LogP contribution in [0, 0.1) is 5.92 Å². The number of aromatic nitrogens is 4. The summed E-state index contributed by atoms with van der Waals surface area (Å²) in [7, 11) is 1.62. The quantitative estimate of drug-likeness (QED) is 0.439. The van der Waals surface area contributed by atoms with Gasteiger partial charge < -0.3 is 19.4 Å². The van der Waals surface area contributed by atoms with Gasteiger partial charge in [-0.1, -0.05) is 31.7 Å². The molecule has 3 rings (SSSR count). The highest BCUT2D eigenvalue weighted by molar-refractivity contribution is 8.00. The van der Waals surface area contributed by atoms with Crippen LogP contribution in [0.3, 0.4) is 0 Å². The lowest BCUT2D eigenvalue weighted by atomic mass is 10.2. The number of rotatable bonds is 10. The van der Waals surface area contributed by atoms with Crippen LogP contribution < -0.4 is 14.8 Å². The summed E-state index contributed by atoms with van der Waals surface area (Å²) in [5.41, 5.74) is 0. The van der Waals surface area contributed by atoms with Crippen LogP contribution >= 0.6 is 23.1 Å². The Bertz CT molecular complexity index is 991. The Kier molecular flexibility index (Phi) is 7.91. The van der Waals surface area contributed by atoms with Crippen molar-refractivity contribution in [3.63, 3.8) is 0 Å². The second-order valence-corrected chi connectivity index (χ2v) is 9.57. The molecular formula is C21H27N5O3S2. The molecule has 1 aromatic carbocycles. The third kappa shape index (κ3) is 6.20. The Morgan fingerprint density at radius 2 is 2.00 bits per heavy atom. The van der Waals surface area contributed by atoms with Crippen molar-refractivity contribution < 1.29 is 14.3 Å². The second-order valence-electron chi connectivity index (χ2n) is 7.37. The number of thiazole rings is 1. The van der Waals surface area contributed by atoms with Crippen molar-refractivity contribution >= 4 is 34.1 Å². The van der Waals surface area contributed by atoms with Crippen LogP contribution in [0.15, 0.2) is 41.0 Å².